The number of carbonyl (C=O) groups is 1. The SMILES string of the molecule is [2H]c1c([2H])c([2H])c(-c2nc(CC([2H])([2H])Oc3ccc(C[C@H](OC)C(=O)O)c4sccc34)c(C([2H])([2H])[2H])o2)c([2H])c1[2H]. The van der Waals surface area contributed by atoms with Gasteiger partial charge in [-0.05, 0) is 42.0 Å². The van der Waals surface area contributed by atoms with E-state index in [1.165, 1.54) is 24.5 Å². The van der Waals surface area contributed by atoms with Crippen LogP contribution in [0, 0.1) is 6.85 Å². The Kier molecular flexibility index (Phi) is 3.62. The van der Waals surface area contributed by atoms with Gasteiger partial charge in [0.25, 0.3) is 0 Å². The van der Waals surface area contributed by atoms with Gasteiger partial charge in [-0.2, -0.15) is 0 Å². The van der Waals surface area contributed by atoms with Crippen LogP contribution in [0.2, 0.25) is 0 Å². The van der Waals surface area contributed by atoms with E-state index in [-0.39, 0.29) is 17.9 Å². The van der Waals surface area contributed by atoms with Crippen molar-refractivity contribution < 1.29 is 37.5 Å². The molecule has 0 radical (unpaired) electrons. The molecule has 6 nitrogen and oxygen atoms in total. The molecule has 4 aromatic rings. The normalized spacial score (nSPS) is 17.7. The first-order chi connectivity index (χ1) is 19.1. The van der Waals surface area contributed by atoms with Crippen LogP contribution in [-0.4, -0.2) is 35.8 Å². The van der Waals surface area contributed by atoms with Gasteiger partial charge in [0.1, 0.15) is 11.5 Å². The number of rotatable bonds is 9. The van der Waals surface area contributed by atoms with Crippen LogP contribution >= 0.6 is 11.3 Å². The Hall–Kier alpha value is -3.16. The van der Waals surface area contributed by atoms with Crippen molar-refractivity contribution in [3.8, 4) is 17.2 Å². The summed E-state index contributed by atoms with van der Waals surface area (Å²) in [5.41, 5.74) is -0.179. The zero-order valence-corrected chi connectivity index (χ0v) is 17.1. The fraction of sp³-hybridized carbons (Fsp3) is 0.250. The third-order valence-corrected chi connectivity index (χ3v) is 5.45. The monoisotopic (exact) mass is 447 g/mol. The van der Waals surface area contributed by atoms with Crippen molar-refractivity contribution in [1.82, 2.24) is 4.98 Å². The van der Waals surface area contributed by atoms with E-state index in [1.807, 2.05) is 0 Å². The molecule has 31 heavy (non-hydrogen) atoms. The number of carboxylic acids is 1. The van der Waals surface area contributed by atoms with Gasteiger partial charge >= 0.3 is 5.97 Å². The van der Waals surface area contributed by atoms with Gasteiger partial charge in [0.05, 0.1) is 21.8 Å². The van der Waals surface area contributed by atoms with Gasteiger partial charge in [-0.3, -0.25) is 0 Å². The Morgan fingerprint density at radius 3 is 2.94 bits per heavy atom. The van der Waals surface area contributed by atoms with Crippen molar-refractivity contribution in [3.05, 3.63) is 70.8 Å². The fourth-order valence-corrected chi connectivity index (χ4v) is 3.87. The maximum absolute atomic E-state index is 11.4. The largest absolute Gasteiger partial charge is 0.493 e. The van der Waals surface area contributed by atoms with Gasteiger partial charge in [0, 0.05) is 39.7 Å². The van der Waals surface area contributed by atoms with E-state index >= 15 is 0 Å². The number of ether oxygens (including phenoxy) is 2. The number of aryl methyl sites for hydroxylation is 2. The molecule has 2 aromatic carbocycles. The smallest absolute Gasteiger partial charge is 0.333 e. The van der Waals surface area contributed by atoms with Crippen molar-refractivity contribution in [2.75, 3.05) is 13.7 Å². The lowest BCUT2D eigenvalue weighted by atomic mass is 10.1. The summed E-state index contributed by atoms with van der Waals surface area (Å²) in [7, 11) is 1.29. The molecule has 7 heteroatoms. The van der Waals surface area contributed by atoms with Crippen LogP contribution < -0.4 is 4.74 Å². The van der Waals surface area contributed by atoms with E-state index in [0.29, 0.717) is 15.6 Å². The lowest BCUT2D eigenvalue weighted by Crippen LogP contribution is -2.24. The molecular formula is C24H23NO5S. The molecule has 0 unspecified atom stereocenters. The van der Waals surface area contributed by atoms with Crippen LogP contribution in [0.4, 0.5) is 0 Å². The minimum absolute atomic E-state index is 0.0664. The van der Waals surface area contributed by atoms with Crippen molar-refractivity contribution in [1.29, 1.82) is 0 Å². The summed E-state index contributed by atoms with van der Waals surface area (Å²) in [6, 6.07) is 1.46. The first-order valence-corrected chi connectivity index (χ1v) is 9.95. The van der Waals surface area contributed by atoms with Crippen molar-refractivity contribution in [2.45, 2.75) is 25.8 Å². The second-order valence-corrected chi connectivity index (χ2v) is 7.29. The summed E-state index contributed by atoms with van der Waals surface area (Å²) in [4.78, 5) is 15.5. The molecule has 0 spiro atoms. The number of benzene rings is 2. The number of methoxy groups -OCH3 is 1. The second kappa shape index (κ2) is 9.32. The average Bonchev–Trinajstić information content (AvgIpc) is 3.53. The molecule has 0 fully saturated rings. The van der Waals surface area contributed by atoms with Gasteiger partial charge in [-0.15, -0.1) is 11.3 Å². The molecular weight excluding hydrogens is 414 g/mol. The number of aromatic nitrogens is 1. The van der Waals surface area contributed by atoms with Crippen LogP contribution in [0.25, 0.3) is 21.5 Å². The van der Waals surface area contributed by atoms with Gasteiger partial charge in [0.2, 0.25) is 5.89 Å². The lowest BCUT2D eigenvalue weighted by molar-refractivity contribution is -0.148. The van der Waals surface area contributed by atoms with Gasteiger partial charge < -0.3 is 19.0 Å². The number of oxazole rings is 1. The molecule has 4 rings (SSSR count). The average molecular weight is 448 g/mol. The Morgan fingerprint density at radius 1 is 1.35 bits per heavy atom. The van der Waals surface area contributed by atoms with E-state index in [4.69, 9.17) is 27.6 Å². The number of carboxylic acid groups (broad SMARTS) is 1. The molecule has 1 atom stereocenters. The molecule has 1 N–H and O–H groups in total. The summed E-state index contributed by atoms with van der Waals surface area (Å²) in [5, 5.41) is 11.6. The van der Waals surface area contributed by atoms with Gasteiger partial charge in [-0.1, -0.05) is 24.2 Å². The summed E-state index contributed by atoms with van der Waals surface area (Å²) >= 11 is 1.30. The van der Waals surface area contributed by atoms with Crippen LogP contribution in [0.15, 0.2) is 58.2 Å². The maximum atomic E-state index is 11.4. The summed E-state index contributed by atoms with van der Waals surface area (Å²) < 4.78 is 97.1. The van der Waals surface area contributed by atoms with Gasteiger partial charge in [0.15, 0.2) is 6.10 Å². The molecule has 160 valence electrons. The predicted molar refractivity (Wildman–Crippen MR) is 120 cm³/mol. The molecule has 0 saturated heterocycles. The molecule has 0 aliphatic rings. The molecule has 2 heterocycles. The van der Waals surface area contributed by atoms with Crippen LogP contribution in [0.3, 0.4) is 0 Å². The standard InChI is InChI=1S/C24H23NO5S/c1-15-19(25-23(30-15)16-6-4-3-5-7-16)10-12-29-20-9-8-17(14-21(28-2)24(26)27)22-18(20)11-13-31-22/h3-9,11,13,21H,10,12,14H2,1-2H3,(H,26,27)/t21-/m0/s1/i1D3,3D,4D,5D,6D,7D,12D2. The summed E-state index contributed by atoms with van der Waals surface area (Å²) in [6.07, 6.45) is -1.74. The topological polar surface area (TPSA) is 81.8 Å². The zero-order valence-electron chi connectivity index (χ0n) is 26.2. The Morgan fingerprint density at radius 2 is 2.19 bits per heavy atom. The number of hydrogen-bond acceptors (Lipinski definition) is 6. The van der Waals surface area contributed by atoms with E-state index < -0.39 is 79.3 Å². The molecule has 0 aliphatic carbocycles. The number of fused-ring (bicyclic) bond motifs is 1. The van der Waals surface area contributed by atoms with E-state index in [1.54, 1.807) is 17.5 Å². The van der Waals surface area contributed by atoms with Crippen LogP contribution in [-0.2, 0) is 22.4 Å². The maximum Gasteiger partial charge on any atom is 0.333 e. The molecule has 0 saturated carbocycles. The molecule has 2 aromatic heterocycles. The highest BCUT2D eigenvalue weighted by molar-refractivity contribution is 7.17. The third kappa shape index (κ3) is 4.62. The van der Waals surface area contributed by atoms with Crippen molar-refractivity contribution >= 4 is 27.4 Å². The highest BCUT2D eigenvalue weighted by Gasteiger charge is 2.19. The van der Waals surface area contributed by atoms with Crippen molar-refractivity contribution in [3.63, 3.8) is 0 Å². The number of nitrogens with zero attached hydrogens (tertiary/aromatic N) is 1. The molecule has 0 amide bonds. The highest BCUT2D eigenvalue weighted by Crippen LogP contribution is 2.34. The van der Waals surface area contributed by atoms with E-state index in [0.717, 1.165) is 0 Å². The Balaban J connectivity index is 1.70. The zero-order chi connectivity index (χ0) is 30.4. The Labute approximate surface area is 198 Å². The van der Waals surface area contributed by atoms with Gasteiger partial charge in [-0.25, -0.2) is 9.78 Å². The molecule has 0 bridgehead atoms. The third-order valence-electron chi connectivity index (χ3n) is 4.46. The fourth-order valence-electron chi connectivity index (χ4n) is 2.93. The number of hydrogen-bond donors (Lipinski definition) is 1. The number of thiophene rings is 1. The van der Waals surface area contributed by atoms with Crippen LogP contribution in [0.5, 0.6) is 5.75 Å². The summed E-state index contributed by atoms with van der Waals surface area (Å²) in [5.74, 6) is -2.28. The van der Waals surface area contributed by atoms with E-state index in [2.05, 4.69) is 4.98 Å². The summed E-state index contributed by atoms with van der Waals surface area (Å²) in [6.45, 7) is -5.45. The first kappa shape index (κ1) is 12.0. The van der Waals surface area contributed by atoms with Crippen LogP contribution in [0.1, 0.15) is 30.7 Å². The van der Waals surface area contributed by atoms with E-state index in [9.17, 15) is 9.90 Å². The minimum atomic E-state index is -2.91. The molecule has 0 aliphatic heterocycles. The number of aliphatic carboxylic acids is 1. The second-order valence-electron chi connectivity index (χ2n) is 6.37. The predicted octanol–water partition coefficient (Wildman–Crippen LogP) is 5.13. The van der Waals surface area contributed by atoms with Crippen molar-refractivity contribution in [2.24, 2.45) is 0 Å². The Bertz CT molecular complexity index is 1600. The quantitative estimate of drug-likeness (QED) is 0.383. The lowest BCUT2D eigenvalue weighted by Gasteiger charge is -2.13. The highest BCUT2D eigenvalue weighted by atomic mass is 32.1. The first-order valence-electron chi connectivity index (χ1n) is 14.1. The minimum Gasteiger partial charge on any atom is -0.493 e.